The molecule has 4 rings (SSSR count). The Morgan fingerprint density at radius 2 is 2.10 bits per heavy atom. The third kappa shape index (κ3) is 1.89. The average Bonchev–Trinajstić information content (AvgIpc) is 3.17. The topological polar surface area (TPSA) is 99.8 Å². The van der Waals surface area contributed by atoms with E-state index in [0.29, 0.717) is 17.4 Å². The third-order valence-corrected chi connectivity index (χ3v) is 3.04. The van der Waals surface area contributed by atoms with Gasteiger partial charge >= 0.3 is 0 Å². The van der Waals surface area contributed by atoms with E-state index >= 15 is 0 Å². The molecule has 4 heterocycles. The molecule has 21 heavy (non-hydrogen) atoms. The summed E-state index contributed by atoms with van der Waals surface area (Å²) in [4.78, 5) is 12.6. The van der Waals surface area contributed by atoms with E-state index in [-0.39, 0.29) is 0 Å². The monoisotopic (exact) mass is 278 g/mol. The number of hydrogen-bond donors (Lipinski definition) is 1. The van der Waals surface area contributed by atoms with Gasteiger partial charge in [-0.2, -0.15) is 19.3 Å². The van der Waals surface area contributed by atoms with Gasteiger partial charge in [-0.25, -0.2) is 4.98 Å². The summed E-state index contributed by atoms with van der Waals surface area (Å²) in [7, 11) is 0. The molecule has 0 bridgehead atoms. The van der Waals surface area contributed by atoms with Crippen molar-refractivity contribution in [1.29, 1.82) is 0 Å². The molecule has 0 spiro atoms. The van der Waals surface area contributed by atoms with Gasteiger partial charge in [0, 0.05) is 11.8 Å². The van der Waals surface area contributed by atoms with Gasteiger partial charge in [-0.15, -0.1) is 5.10 Å². The van der Waals surface area contributed by atoms with Crippen LogP contribution in [0.5, 0.6) is 0 Å². The van der Waals surface area contributed by atoms with E-state index < -0.39 is 0 Å². The van der Waals surface area contributed by atoms with Gasteiger partial charge < -0.3 is 5.73 Å². The van der Waals surface area contributed by atoms with Gasteiger partial charge in [-0.05, 0) is 24.3 Å². The van der Waals surface area contributed by atoms with Crippen LogP contribution in [0.2, 0.25) is 0 Å². The molecule has 0 fully saturated rings. The first-order chi connectivity index (χ1) is 10.3. The zero-order valence-electron chi connectivity index (χ0n) is 10.8. The molecule has 0 saturated heterocycles. The molecule has 102 valence electrons. The maximum atomic E-state index is 6.05. The van der Waals surface area contributed by atoms with E-state index in [1.807, 2.05) is 30.3 Å². The Labute approximate surface area is 118 Å². The van der Waals surface area contributed by atoms with Crippen LogP contribution in [0.25, 0.3) is 22.9 Å². The summed E-state index contributed by atoms with van der Waals surface area (Å²) in [5.41, 5.74) is 8.39. The Hall–Kier alpha value is -3.29. The maximum absolute atomic E-state index is 6.05. The molecule has 8 heteroatoms. The minimum Gasteiger partial charge on any atom is -0.384 e. The number of nitrogens with two attached hydrogens (primary N) is 1. The Bertz CT molecular complexity index is 895. The standard InChI is InChI=1S/C13H10N8/c14-11-5-9(10-3-1-2-4-16-10)6-12-18-13(19-21(11)12)20-8-15-7-17-20/h1-8H,14H2. The van der Waals surface area contributed by atoms with Gasteiger partial charge in [0.2, 0.25) is 0 Å². The summed E-state index contributed by atoms with van der Waals surface area (Å²) < 4.78 is 3.04. The van der Waals surface area contributed by atoms with Gasteiger partial charge in [-0.1, -0.05) is 6.07 Å². The number of nitrogens with zero attached hydrogens (tertiary/aromatic N) is 7. The second-order valence-electron chi connectivity index (χ2n) is 4.41. The van der Waals surface area contributed by atoms with Crippen molar-refractivity contribution in [3.63, 3.8) is 0 Å². The molecule has 0 unspecified atom stereocenters. The first-order valence-corrected chi connectivity index (χ1v) is 6.24. The molecule has 0 aliphatic rings. The highest BCUT2D eigenvalue weighted by atomic mass is 15.5. The lowest BCUT2D eigenvalue weighted by molar-refractivity contribution is 0.799. The third-order valence-electron chi connectivity index (χ3n) is 3.04. The Morgan fingerprint density at radius 1 is 1.14 bits per heavy atom. The van der Waals surface area contributed by atoms with E-state index in [1.165, 1.54) is 17.3 Å². The second kappa shape index (κ2) is 4.37. The molecule has 0 atom stereocenters. The molecule has 0 aromatic carbocycles. The molecule has 2 N–H and O–H groups in total. The van der Waals surface area contributed by atoms with Crippen molar-refractivity contribution in [2.24, 2.45) is 0 Å². The lowest BCUT2D eigenvalue weighted by atomic mass is 10.2. The smallest absolute Gasteiger partial charge is 0.271 e. The van der Waals surface area contributed by atoms with Crippen LogP contribution in [0.15, 0.2) is 49.2 Å². The zero-order valence-corrected chi connectivity index (χ0v) is 10.8. The minimum atomic E-state index is 0.414. The normalized spacial score (nSPS) is 11.0. The van der Waals surface area contributed by atoms with Crippen molar-refractivity contribution in [3.8, 4) is 17.2 Å². The summed E-state index contributed by atoms with van der Waals surface area (Å²) in [5, 5.41) is 8.32. The fraction of sp³-hybridized carbons (Fsp3) is 0. The number of fused-ring (bicyclic) bond motifs is 1. The van der Waals surface area contributed by atoms with Crippen LogP contribution in [0.1, 0.15) is 0 Å². The van der Waals surface area contributed by atoms with Gasteiger partial charge in [0.15, 0.2) is 5.65 Å². The van der Waals surface area contributed by atoms with E-state index in [9.17, 15) is 0 Å². The molecule has 4 aromatic heterocycles. The van der Waals surface area contributed by atoms with E-state index in [4.69, 9.17) is 5.73 Å². The molecular weight excluding hydrogens is 268 g/mol. The van der Waals surface area contributed by atoms with Crippen molar-refractivity contribution in [2.45, 2.75) is 0 Å². The summed E-state index contributed by atoms with van der Waals surface area (Å²) in [6.07, 6.45) is 4.69. The first-order valence-electron chi connectivity index (χ1n) is 6.24. The van der Waals surface area contributed by atoms with Gasteiger partial charge in [-0.3, -0.25) is 4.98 Å². The number of nitrogen functional groups attached to an aromatic ring is 1. The average molecular weight is 278 g/mol. The Morgan fingerprint density at radius 3 is 2.86 bits per heavy atom. The molecule has 4 aromatic rings. The van der Waals surface area contributed by atoms with Crippen molar-refractivity contribution in [3.05, 3.63) is 49.2 Å². The molecule has 8 nitrogen and oxygen atoms in total. The van der Waals surface area contributed by atoms with Gasteiger partial charge in [0.05, 0.1) is 5.69 Å². The predicted octanol–water partition coefficient (Wildman–Crippen LogP) is 0.954. The molecular formula is C13H10N8. The van der Waals surface area contributed by atoms with Crippen LogP contribution in [0, 0.1) is 0 Å². The van der Waals surface area contributed by atoms with Crippen LogP contribution in [-0.4, -0.2) is 34.3 Å². The lowest BCUT2D eigenvalue weighted by Crippen LogP contribution is -2.01. The van der Waals surface area contributed by atoms with Gasteiger partial charge in [0.1, 0.15) is 18.5 Å². The zero-order chi connectivity index (χ0) is 14.2. The number of hydrogen-bond acceptors (Lipinski definition) is 6. The van der Waals surface area contributed by atoms with E-state index in [2.05, 4.69) is 25.1 Å². The first kappa shape index (κ1) is 11.5. The molecule has 0 aliphatic carbocycles. The summed E-state index contributed by atoms with van der Waals surface area (Å²) in [6.45, 7) is 0. The highest BCUT2D eigenvalue weighted by Crippen LogP contribution is 2.21. The second-order valence-corrected chi connectivity index (χ2v) is 4.41. The quantitative estimate of drug-likeness (QED) is 0.586. The van der Waals surface area contributed by atoms with Crippen LogP contribution in [0.4, 0.5) is 5.82 Å². The van der Waals surface area contributed by atoms with Crippen molar-refractivity contribution >= 4 is 11.5 Å². The van der Waals surface area contributed by atoms with E-state index in [0.717, 1.165) is 11.3 Å². The van der Waals surface area contributed by atoms with Crippen LogP contribution >= 0.6 is 0 Å². The van der Waals surface area contributed by atoms with Crippen molar-refractivity contribution < 1.29 is 0 Å². The number of rotatable bonds is 2. The predicted molar refractivity (Wildman–Crippen MR) is 75.5 cm³/mol. The SMILES string of the molecule is Nc1cc(-c2ccccn2)cc2nc(-n3cncn3)nn12. The Kier molecular flexibility index (Phi) is 2.40. The van der Waals surface area contributed by atoms with Crippen LogP contribution in [-0.2, 0) is 0 Å². The molecule has 0 radical (unpaired) electrons. The van der Waals surface area contributed by atoms with E-state index in [1.54, 1.807) is 10.7 Å². The van der Waals surface area contributed by atoms with Crippen LogP contribution in [0.3, 0.4) is 0 Å². The summed E-state index contributed by atoms with van der Waals surface area (Å²) in [6, 6.07) is 9.40. The molecule has 0 aliphatic heterocycles. The highest BCUT2D eigenvalue weighted by Gasteiger charge is 2.11. The number of aromatic nitrogens is 7. The number of pyridine rings is 2. The largest absolute Gasteiger partial charge is 0.384 e. The summed E-state index contributed by atoms with van der Waals surface area (Å²) in [5.74, 6) is 0.893. The Balaban J connectivity index is 1.90. The number of anilines is 1. The lowest BCUT2D eigenvalue weighted by Gasteiger charge is -2.03. The molecule has 0 saturated carbocycles. The van der Waals surface area contributed by atoms with Crippen molar-refractivity contribution in [2.75, 3.05) is 5.73 Å². The molecule has 0 amide bonds. The minimum absolute atomic E-state index is 0.414. The fourth-order valence-electron chi connectivity index (χ4n) is 2.09. The van der Waals surface area contributed by atoms with Gasteiger partial charge in [0.25, 0.3) is 5.95 Å². The fourth-order valence-corrected chi connectivity index (χ4v) is 2.09. The highest BCUT2D eigenvalue weighted by molar-refractivity contribution is 5.68. The van der Waals surface area contributed by atoms with Crippen molar-refractivity contribution in [1.82, 2.24) is 34.3 Å². The van der Waals surface area contributed by atoms with Crippen LogP contribution < -0.4 is 5.73 Å². The summed E-state index contributed by atoms with van der Waals surface area (Å²) >= 11 is 0. The maximum Gasteiger partial charge on any atom is 0.271 e.